The van der Waals surface area contributed by atoms with Gasteiger partial charge in [0.2, 0.25) is 0 Å². The molecular formula is C15H29IN4. The Morgan fingerprint density at radius 3 is 2.50 bits per heavy atom. The monoisotopic (exact) mass is 392 g/mol. The highest BCUT2D eigenvalue weighted by atomic mass is 127. The van der Waals surface area contributed by atoms with E-state index in [4.69, 9.17) is 0 Å². The molecule has 0 bridgehead atoms. The summed E-state index contributed by atoms with van der Waals surface area (Å²) in [6.45, 7) is 10.3. The molecule has 0 radical (unpaired) electrons. The second-order valence-electron chi connectivity index (χ2n) is 5.14. The molecule has 1 aromatic rings. The van der Waals surface area contributed by atoms with Gasteiger partial charge >= 0.3 is 0 Å². The molecule has 2 N–H and O–H groups in total. The predicted molar refractivity (Wildman–Crippen MR) is 97.9 cm³/mol. The van der Waals surface area contributed by atoms with Crippen molar-refractivity contribution in [2.24, 2.45) is 10.9 Å². The Morgan fingerprint density at radius 1 is 1.20 bits per heavy atom. The Bertz CT molecular complexity index is 347. The summed E-state index contributed by atoms with van der Waals surface area (Å²) in [5.41, 5.74) is 0. The van der Waals surface area contributed by atoms with Crippen molar-refractivity contribution in [1.82, 2.24) is 15.2 Å². The lowest BCUT2D eigenvalue weighted by atomic mass is 10.1. The summed E-state index contributed by atoms with van der Waals surface area (Å²) in [4.78, 5) is 4.59. The van der Waals surface area contributed by atoms with E-state index >= 15 is 0 Å². The molecular weight excluding hydrogens is 363 g/mol. The van der Waals surface area contributed by atoms with Crippen LogP contribution in [0.25, 0.3) is 0 Å². The third-order valence-electron chi connectivity index (χ3n) is 2.88. The number of halogens is 1. The van der Waals surface area contributed by atoms with Crippen molar-refractivity contribution >= 4 is 29.9 Å². The number of rotatable bonds is 8. The maximum atomic E-state index is 4.59. The lowest BCUT2D eigenvalue weighted by Crippen LogP contribution is -2.38. The summed E-state index contributed by atoms with van der Waals surface area (Å²) in [5, 5.41) is 6.65. The van der Waals surface area contributed by atoms with Crippen LogP contribution >= 0.6 is 24.0 Å². The number of guanidine groups is 1. The summed E-state index contributed by atoms with van der Waals surface area (Å²) in [5.74, 6) is 1.69. The Labute approximate surface area is 140 Å². The fourth-order valence-corrected chi connectivity index (χ4v) is 1.85. The van der Waals surface area contributed by atoms with Gasteiger partial charge in [-0.2, -0.15) is 0 Å². The number of nitrogens with zero attached hydrogens (tertiary/aromatic N) is 2. The molecule has 20 heavy (non-hydrogen) atoms. The molecule has 0 fully saturated rings. The molecule has 0 saturated carbocycles. The zero-order valence-electron chi connectivity index (χ0n) is 12.9. The van der Waals surface area contributed by atoms with Crippen molar-refractivity contribution < 1.29 is 0 Å². The van der Waals surface area contributed by atoms with Gasteiger partial charge in [-0.1, -0.05) is 13.8 Å². The van der Waals surface area contributed by atoms with Crippen LogP contribution in [-0.2, 0) is 6.54 Å². The van der Waals surface area contributed by atoms with Gasteiger partial charge in [-0.25, -0.2) is 0 Å². The average Bonchev–Trinajstić information content (AvgIpc) is 2.87. The van der Waals surface area contributed by atoms with Crippen LogP contribution in [0.5, 0.6) is 0 Å². The Kier molecular flexibility index (Phi) is 11.6. The molecule has 1 aromatic heterocycles. The first-order valence-electron chi connectivity index (χ1n) is 7.35. The highest BCUT2D eigenvalue weighted by Gasteiger charge is 1.97. The number of nitrogens with one attached hydrogen (secondary N) is 2. The van der Waals surface area contributed by atoms with Crippen molar-refractivity contribution in [3.63, 3.8) is 0 Å². The molecule has 0 atom stereocenters. The van der Waals surface area contributed by atoms with E-state index in [1.807, 2.05) is 12.1 Å². The second-order valence-corrected chi connectivity index (χ2v) is 5.14. The van der Waals surface area contributed by atoms with Crippen LogP contribution in [0.2, 0.25) is 0 Å². The highest BCUT2D eigenvalue weighted by Crippen LogP contribution is 2.02. The van der Waals surface area contributed by atoms with Gasteiger partial charge in [-0.15, -0.1) is 24.0 Å². The molecule has 0 spiro atoms. The Morgan fingerprint density at radius 2 is 1.90 bits per heavy atom. The van der Waals surface area contributed by atoms with Crippen LogP contribution in [0, 0.1) is 5.92 Å². The van der Waals surface area contributed by atoms with Gasteiger partial charge < -0.3 is 15.2 Å². The number of hydrogen-bond acceptors (Lipinski definition) is 1. The van der Waals surface area contributed by atoms with Crippen LogP contribution in [0.15, 0.2) is 29.5 Å². The minimum absolute atomic E-state index is 0. The summed E-state index contributed by atoms with van der Waals surface area (Å²) >= 11 is 0. The van der Waals surface area contributed by atoms with Gasteiger partial charge in [0.25, 0.3) is 0 Å². The Hall–Kier alpha value is -0.720. The normalized spacial score (nSPS) is 11.3. The van der Waals surface area contributed by atoms with E-state index in [9.17, 15) is 0 Å². The molecule has 0 aliphatic carbocycles. The largest absolute Gasteiger partial charge is 0.357 e. The zero-order valence-corrected chi connectivity index (χ0v) is 15.3. The van der Waals surface area contributed by atoms with Gasteiger partial charge in [0, 0.05) is 38.6 Å². The van der Waals surface area contributed by atoms with Crippen LogP contribution in [0.1, 0.15) is 33.6 Å². The van der Waals surface area contributed by atoms with Gasteiger partial charge in [-0.3, -0.25) is 4.99 Å². The minimum Gasteiger partial charge on any atom is -0.357 e. The first-order chi connectivity index (χ1) is 9.22. The van der Waals surface area contributed by atoms with Gasteiger partial charge in [-0.05, 0) is 37.8 Å². The third-order valence-corrected chi connectivity index (χ3v) is 2.88. The van der Waals surface area contributed by atoms with E-state index in [0.717, 1.165) is 44.5 Å². The molecule has 5 heteroatoms. The maximum Gasteiger partial charge on any atom is 0.191 e. The van der Waals surface area contributed by atoms with E-state index in [0.29, 0.717) is 0 Å². The summed E-state index contributed by atoms with van der Waals surface area (Å²) in [7, 11) is 0. The van der Waals surface area contributed by atoms with Crippen molar-refractivity contribution in [2.45, 2.75) is 40.2 Å². The van der Waals surface area contributed by atoms with Crippen molar-refractivity contribution in [3.8, 4) is 0 Å². The highest BCUT2D eigenvalue weighted by molar-refractivity contribution is 14.0. The smallest absolute Gasteiger partial charge is 0.191 e. The first-order valence-corrected chi connectivity index (χ1v) is 7.35. The second kappa shape index (κ2) is 12.1. The molecule has 116 valence electrons. The van der Waals surface area contributed by atoms with E-state index in [-0.39, 0.29) is 24.0 Å². The van der Waals surface area contributed by atoms with Crippen LogP contribution < -0.4 is 10.6 Å². The standard InChI is InChI=1S/C15H28N4.HI/c1-4-16-15(17-9-7-8-14(2)3)18-10-13-19-11-5-6-12-19;/h5-6,11-12,14H,4,7-10,13H2,1-3H3,(H2,16,17,18);1H. The Balaban J connectivity index is 0.00000361. The number of hydrogen-bond donors (Lipinski definition) is 2. The molecule has 0 unspecified atom stereocenters. The van der Waals surface area contributed by atoms with Crippen LogP contribution in [0.3, 0.4) is 0 Å². The van der Waals surface area contributed by atoms with Crippen molar-refractivity contribution in [3.05, 3.63) is 24.5 Å². The van der Waals surface area contributed by atoms with E-state index in [1.54, 1.807) is 0 Å². The van der Waals surface area contributed by atoms with Gasteiger partial charge in [0.05, 0.1) is 0 Å². The molecule has 0 saturated heterocycles. The molecule has 1 heterocycles. The summed E-state index contributed by atoms with van der Waals surface area (Å²) in [6, 6.07) is 4.09. The van der Waals surface area contributed by atoms with E-state index in [1.165, 1.54) is 6.42 Å². The fraction of sp³-hybridized carbons (Fsp3) is 0.667. The molecule has 0 aliphatic rings. The predicted octanol–water partition coefficient (Wildman–Crippen LogP) is 3.10. The zero-order chi connectivity index (χ0) is 13.9. The SMILES string of the molecule is CCNC(=NCCCC(C)C)NCCn1cccc1.I. The van der Waals surface area contributed by atoms with Crippen molar-refractivity contribution in [1.29, 1.82) is 0 Å². The summed E-state index contributed by atoms with van der Waals surface area (Å²) < 4.78 is 2.16. The quantitative estimate of drug-likeness (QED) is 0.309. The van der Waals surface area contributed by atoms with E-state index in [2.05, 4.69) is 53.4 Å². The molecule has 0 aromatic carbocycles. The molecule has 4 nitrogen and oxygen atoms in total. The lowest BCUT2D eigenvalue weighted by molar-refractivity contribution is 0.560. The summed E-state index contributed by atoms with van der Waals surface area (Å²) in [6.07, 6.45) is 6.56. The minimum atomic E-state index is 0. The van der Waals surface area contributed by atoms with E-state index < -0.39 is 0 Å². The lowest BCUT2D eigenvalue weighted by Gasteiger charge is -2.12. The average molecular weight is 392 g/mol. The number of aliphatic imine (C=N–C) groups is 1. The third kappa shape index (κ3) is 9.23. The van der Waals surface area contributed by atoms with Gasteiger partial charge in [0.15, 0.2) is 5.96 Å². The molecule has 0 aliphatic heterocycles. The van der Waals surface area contributed by atoms with Crippen LogP contribution in [-0.4, -0.2) is 30.2 Å². The fourth-order valence-electron chi connectivity index (χ4n) is 1.85. The molecule has 1 rings (SSSR count). The molecule has 0 amide bonds. The van der Waals surface area contributed by atoms with Crippen molar-refractivity contribution in [2.75, 3.05) is 19.6 Å². The first kappa shape index (κ1) is 19.3. The van der Waals surface area contributed by atoms with Gasteiger partial charge in [0.1, 0.15) is 0 Å². The topological polar surface area (TPSA) is 41.4 Å². The maximum absolute atomic E-state index is 4.59. The van der Waals surface area contributed by atoms with Crippen LogP contribution in [0.4, 0.5) is 0 Å². The number of aromatic nitrogens is 1.